The molecule has 0 aliphatic carbocycles. The van der Waals surface area contributed by atoms with E-state index in [4.69, 9.17) is 20.5 Å². The van der Waals surface area contributed by atoms with Gasteiger partial charge in [0.1, 0.15) is 11.4 Å². The van der Waals surface area contributed by atoms with Crippen molar-refractivity contribution in [2.24, 2.45) is 0 Å². The van der Waals surface area contributed by atoms with Gasteiger partial charge in [0.15, 0.2) is 17.3 Å². The number of rotatable bonds is 6. The molecule has 0 saturated heterocycles. The summed E-state index contributed by atoms with van der Waals surface area (Å²) in [7, 11) is 4.88. The van der Waals surface area contributed by atoms with Gasteiger partial charge in [0.25, 0.3) is 0 Å². The number of ether oxygens (including phenoxy) is 2. The number of nitrogens with zero attached hydrogens (tertiary/aromatic N) is 3. The molecule has 0 aliphatic heterocycles. The Balaban J connectivity index is 2.04. The van der Waals surface area contributed by atoms with E-state index in [0.717, 1.165) is 11.3 Å². The molecule has 0 unspecified atom stereocenters. The topological polar surface area (TPSA) is 118 Å². The molecule has 0 atom stereocenters. The summed E-state index contributed by atoms with van der Waals surface area (Å²) in [6.45, 7) is 0. The maximum atomic E-state index is 9.16. The van der Waals surface area contributed by atoms with Crippen molar-refractivity contribution in [2.75, 3.05) is 37.6 Å². The first-order valence-corrected chi connectivity index (χ1v) is 8.44. The Labute approximate surface area is 163 Å². The van der Waals surface area contributed by atoms with Gasteiger partial charge in [-0.3, -0.25) is 0 Å². The number of nitriles is 1. The van der Waals surface area contributed by atoms with Crippen LogP contribution in [-0.4, -0.2) is 31.2 Å². The Kier molecular flexibility index (Phi) is 5.46. The number of aromatic nitrogens is 2. The van der Waals surface area contributed by atoms with Crippen molar-refractivity contribution in [3.63, 3.8) is 0 Å². The van der Waals surface area contributed by atoms with Crippen molar-refractivity contribution in [3.05, 3.63) is 48.0 Å². The normalized spacial score (nSPS) is 10.1. The van der Waals surface area contributed by atoms with E-state index in [2.05, 4.69) is 26.7 Å². The van der Waals surface area contributed by atoms with E-state index < -0.39 is 0 Å². The largest absolute Gasteiger partial charge is 0.493 e. The molecule has 3 aromatic rings. The molecular formula is C20H20N6O2. The van der Waals surface area contributed by atoms with E-state index in [1.165, 1.54) is 0 Å². The molecule has 8 nitrogen and oxygen atoms in total. The summed E-state index contributed by atoms with van der Waals surface area (Å²) in [6, 6.07) is 14.6. The fourth-order valence-corrected chi connectivity index (χ4v) is 2.72. The van der Waals surface area contributed by atoms with Crippen LogP contribution in [0.4, 0.5) is 23.1 Å². The van der Waals surface area contributed by atoms with Crippen LogP contribution in [0, 0.1) is 11.3 Å². The van der Waals surface area contributed by atoms with Crippen molar-refractivity contribution >= 4 is 23.1 Å². The zero-order valence-electron chi connectivity index (χ0n) is 15.8. The Hall–Kier alpha value is -3.99. The lowest BCUT2D eigenvalue weighted by Gasteiger charge is -2.14. The van der Waals surface area contributed by atoms with Crippen molar-refractivity contribution < 1.29 is 9.47 Å². The zero-order chi connectivity index (χ0) is 20.1. The first kappa shape index (κ1) is 18.8. The second-order valence-corrected chi connectivity index (χ2v) is 5.80. The summed E-state index contributed by atoms with van der Waals surface area (Å²) in [4.78, 5) is 8.97. The van der Waals surface area contributed by atoms with Gasteiger partial charge in [0.2, 0.25) is 5.95 Å². The summed E-state index contributed by atoms with van der Waals surface area (Å²) >= 11 is 0. The van der Waals surface area contributed by atoms with Crippen molar-refractivity contribution in [1.29, 1.82) is 5.26 Å². The molecular weight excluding hydrogens is 356 g/mol. The first-order valence-electron chi connectivity index (χ1n) is 8.44. The average molecular weight is 376 g/mol. The summed E-state index contributed by atoms with van der Waals surface area (Å²) in [5, 5.41) is 15.3. The molecule has 3 rings (SSSR count). The number of nitrogens with two attached hydrogens (primary N) is 1. The molecule has 0 aliphatic rings. The highest BCUT2D eigenvalue weighted by Crippen LogP contribution is 2.33. The molecule has 0 fully saturated rings. The SMILES string of the molecule is CNc1nc(Nc2ccc(OC)c(OC)c2)nc(-c2cccc(C#N)c2)c1N. The van der Waals surface area contributed by atoms with E-state index in [0.29, 0.717) is 40.2 Å². The highest BCUT2D eigenvalue weighted by Gasteiger charge is 2.14. The minimum absolute atomic E-state index is 0.350. The number of benzene rings is 2. The van der Waals surface area contributed by atoms with Crippen LogP contribution in [0.1, 0.15) is 5.56 Å². The van der Waals surface area contributed by atoms with Crippen LogP contribution >= 0.6 is 0 Å². The predicted octanol–water partition coefficient (Wildman–Crippen LogP) is 3.40. The highest BCUT2D eigenvalue weighted by molar-refractivity contribution is 5.82. The molecule has 0 saturated carbocycles. The minimum Gasteiger partial charge on any atom is -0.493 e. The lowest BCUT2D eigenvalue weighted by molar-refractivity contribution is 0.355. The molecule has 0 spiro atoms. The van der Waals surface area contributed by atoms with E-state index >= 15 is 0 Å². The molecule has 4 N–H and O–H groups in total. The van der Waals surface area contributed by atoms with Crippen molar-refractivity contribution in [3.8, 4) is 28.8 Å². The van der Waals surface area contributed by atoms with E-state index in [-0.39, 0.29) is 0 Å². The van der Waals surface area contributed by atoms with Gasteiger partial charge >= 0.3 is 0 Å². The summed E-state index contributed by atoms with van der Waals surface area (Å²) in [6.07, 6.45) is 0. The Morgan fingerprint density at radius 1 is 1.04 bits per heavy atom. The second-order valence-electron chi connectivity index (χ2n) is 5.80. The third-order valence-corrected chi connectivity index (χ3v) is 4.09. The maximum Gasteiger partial charge on any atom is 0.229 e. The van der Waals surface area contributed by atoms with Gasteiger partial charge in [-0.1, -0.05) is 12.1 Å². The van der Waals surface area contributed by atoms with Crippen LogP contribution in [0.5, 0.6) is 11.5 Å². The monoisotopic (exact) mass is 376 g/mol. The second kappa shape index (κ2) is 8.14. The Bertz CT molecular complexity index is 1050. The van der Waals surface area contributed by atoms with Gasteiger partial charge in [-0.15, -0.1) is 0 Å². The molecule has 0 bridgehead atoms. The summed E-state index contributed by atoms with van der Waals surface area (Å²) in [5.41, 5.74) is 9.13. The first-order chi connectivity index (χ1) is 13.6. The molecule has 142 valence electrons. The number of anilines is 4. The van der Waals surface area contributed by atoms with Gasteiger partial charge in [0.05, 0.1) is 25.9 Å². The smallest absolute Gasteiger partial charge is 0.229 e. The fourth-order valence-electron chi connectivity index (χ4n) is 2.72. The molecule has 1 aromatic heterocycles. The van der Waals surface area contributed by atoms with Crippen LogP contribution in [0.25, 0.3) is 11.3 Å². The molecule has 0 amide bonds. The van der Waals surface area contributed by atoms with Crippen LogP contribution in [0.2, 0.25) is 0 Å². The maximum absolute atomic E-state index is 9.16. The average Bonchev–Trinajstić information content (AvgIpc) is 2.74. The van der Waals surface area contributed by atoms with E-state index in [9.17, 15) is 0 Å². The Morgan fingerprint density at radius 2 is 1.82 bits per heavy atom. The van der Waals surface area contributed by atoms with E-state index in [1.54, 1.807) is 51.6 Å². The predicted molar refractivity (Wildman–Crippen MR) is 109 cm³/mol. The van der Waals surface area contributed by atoms with Gasteiger partial charge < -0.3 is 25.8 Å². The standard InChI is InChI=1S/C20H20N6O2/c1-23-19-17(22)18(13-6-4-5-12(9-13)11-21)25-20(26-19)24-14-7-8-15(27-2)16(10-14)28-3/h4-10H,22H2,1-3H3,(H2,23,24,25,26). The Morgan fingerprint density at radius 3 is 2.50 bits per heavy atom. The minimum atomic E-state index is 0.350. The number of hydrogen-bond acceptors (Lipinski definition) is 8. The summed E-state index contributed by atoms with van der Waals surface area (Å²) in [5.74, 6) is 2.04. The molecule has 8 heteroatoms. The lowest BCUT2D eigenvalue weighted by atomic mass is 10.1. The quantitative estimate of drug-likeness (QED) is 0.599. The number of nitrogen functional groups attached to an aromatic ring is 1. The molecule has 1 heterocycles. The summed E-state index contributed by atoms with van der Waals surface area (Å²) < 4.78 is 10.6. The molecule has 28 heavy (non-hydrogen) atoms. The molecule has 2 aromatic carbocycles. The lowest BCUT2D eigenvalue weighted by Crippen LogP contribution is -2.07. The highest BCUT2D eigenvalue weighted by atomic mass is 16.5. The van der Waals surface area contributed by atoms with Crippen LogP contribution in [0.15, 0.2) is 42.5 Å². The fraction of sp³-hybridized carbons (Fsp3) is 0.150. The van der Waals surface area contributed by atoms with Crippen molar-refractivity contribution in [2.45, 2.75) is 0 Å². The van der Waals surface area contributed by atoms with Gasteiger partial charge in [-0.05, 0) is 24.3 Å². The third kappa shape index (κ3) is 3.73. The van der Waals surface area contributed by atoms with Gasteiger partial charge in [-0.2, -0.15) is 10.2 Å². The number of hydrogen-bond donors (Lipinski definition) is 3. The van der Waals surface area contributed by atoms with Crippen LogP contribution in [-0.2, 0) is 0 Å². The van der Waals surface area contributed by atoms with Crippen LogP contribution < -0.4 is 25.8 Å². The van der Waals surface area contributed by atoms with Crippen LogP contribution in [0.3, 0.4) is 0 Å². The van der Waals surface area contributed by atoms with Gasteiger partial charge in [-0.25, -0.2) is 4.98 Å². The van der Waals surface area contributed by atoms with Crippen molar-refractivity contribution in [1.82, 2.24) is 9.97 Å². The van der Waals surface area contributed by atoms with Gasteiger partial charge in [0, 0.05) is 24.4 Å². The van der Waals surface area contributed by atoms with E-state index in [1.807, 2.05) is 12.1 Å². The molecule has 0 radical (unpaired) electrons. The zero-order valence-corrected chi connectivity index (χ0v) is 15.8. The third-order valence-electron chi connectivity index (χ3n) is 4.09. The number of methoxy groups -OCH3 is 2. The number of nitrogens with one attached hydrogen (secondary N) is 2.